The number of rotatable bonds is 5. The first kappa shape index (κ1) is 16.2. The zero-order valence-corrected chi connectivity index (χ0v) is 12.9. The Morgan fingerprint density at radius 3 is 2.90 bits per heavy atom. The second-order valence-corrected chi connectivity index (χ2v) is 6.14. The number of hydrogen-bond acceptors (Lipinski definition) is 3. The molecule has 1 aliphatic rings. The molecule has 0 aliphatic carbocycles. The van der Waals surface area contributed by atoms with E-state index in [1.165, 1.54) is 6.07 Å². The smallest absolute Gasteiger partial charge is 0.223 e. The number of nitrogens with one attached hydrogen (secondary N) is 1. The molecule has 1 aromatic carbocycles. The Kier molecular flexibility index (Phi) is 5.58. The summed E-state index contributed by atoms with van der Waals surface area (Å²) >= 11 is 1.61. The molecule has 1 fully saturated rings. The standard InChI is InChI=1S/C15H19F2NO2S/c1-9(8-21-2)15(19)18-13-5-6-20-14(13)10-3-4-11(16)12(17)7-10/h3-4,7,9,13-14H,5-6,8H2,1-2H3,(H,18,19)/t9?,13-,14+/m1/s1. The Morgan fingerprint density at radius 1 is 1.48 bits per heavy atom. The van der Waals surface area contributed by atoms with E-state index in [2.05, 4.69) is 5.32 Å². The topological polar surface area (TPSA) is 38.3 Å². The highest BCUT2D eigenvalue weighted by atomic mass is 32.2. The summed E-state index contributed by atoms with van der Waals surface area (Å²) in [6.07, 6.45) is 2.19. The van der Waals surface area contributed by atoms with Gasteiger partial charge in [0, 0.05) is 18.3 Å². The minimum atomic E-state index is -0.899. The van der Waals surface area contributed by atoms with Crippen molar-refractivity contribution in [3.05, 3.63) is 35.4 Å². The molecule has 1 aliphatic heterocycles. The van der Waals surface area contributed by atoms with Gasteiger partial charge in [-0.2, -0.15) is 11.8 Å². The molecular formula is C15H19F2NO2S. The lowest BCUT2D eigenvalue weighted by Gasteiger charge is -2.22. The molecule has 2 rings (SSSR count). The van der Waals surface area contributed by atoms with Crippen molar-refractivity contribution in [1.82, 2.24) is 5.32 Å². The Morgan fingerprint density at radius 2 is 2.24 bits per heavy atom. The molecule has 1 saturated heterocycles. The van der Waals surface area contributed by atoms with Crippen LogP contribution in [0.25, 0.3) is 0 Å². The van der Waals surface area contributed by atoms with Crippen LogP contribution in [0.1, 0.15) is 25.0 Å². The lowest BCUT2D eigenvalue weighted by molar-refractivity contribution is -0.125. The van der Waals surface area contributed by atoms with E-state index in [0.717, 1.165) is 17.9 Å². The Bertz CT molecular complexity index is 512. The van der Waals surface area contributed by atoms with E-state index in [9.17, 15) is 13.6 Å². The van der Waals surface area contributed by atoms with E-state index in [0.29, 0.717) is 18.6 Å². The summed E-state index contributed by atoms with van der Waals surface area (Å²) < 4.78 is 31.9. The third-order valence-corrected chi connectivity index (χ3v) is 4.39. The van der Waals surface area contributed by atoms with Gasteiger partial charge in [0.05, 0.1) is 6.04 Å². The molecule has 1 amide bonds. The second-order valence-electron chi connectivity index (χ2n) is 5.23. The number of benzene rings is 1. The molecule has 6 heteroatoms. The van der Waals surface area contributed by atoms with Gasteiger partial charge < -0.3 is 10.1 Å². The maximum absolute atomic E-state index is 13.3. The number of hydrogen-bond donors (Lipinski definition) is 1. The Hall–Kier alpha value is -1.14. The summed E-state index contributed by atoms with van der Waals surface area (Å²) in [5.41, 5.74) is 0.550. The van der Waals surface area contributed by atoms with E-state index >= 15 is 0 Å². The quantitative estimate of drug-likeness (QED) is 0.908. The van der Waals surface area contributed by atoms with Crippen molar-refractivity contribution in [2.24, 2.45) is 5.92 Å². The maximum atomic E-state index is 13.3. The number of carbonyl (C=O) groups excluding carboxylic acids is 1. The predicted molar refractivity (Wildman–Crippen MR) is 79.1 cm³/mol. The van der Waals surface area contributed by atoms with Gasteiger partial charge in [-0.1, -0.05) is 13.0 Å². The molecule has 0 bridgehead atoms. The fourth-order valence-corrected chi connectivity index (χ4v) is 3.06. The van der Waals surface area contributed by atoms with Gasteiger partial charge in [0.25, 0.3) is 0 Å². The first-order valence-electron chi connectivity index (χ1n) is 6.88. The average Bonchev–Trinajstić information content (AvgIpc) is 2.90. The van der Waals surface area contributed by atoms with Crippen molar-refractivity contribution < 1.29 is 18.3 Å². The number of halogens is 2. The van der Waals surface area contributed by atoms with Gasteiger partial charge in [0.1, 0.15) is 6.10 Å². The van der Waals surface area contributed by atoms with Crippen LogP contribution in [0.3, 0.4) is 0 Å². The molecule has 0 saturated carbocycles. The zero-order valence-electron chi connectivity index (χ0n) is 12.1. The lowest BCUT2D eigenvalue weighted by atomic mass is 10.0. The Labute approximate surface area is 127 Å². The van der Waals surface area contributed by atoms with Crippen LogP contribution in [0, 0.1) is 17.6 Å². The Balaban J connectivity index is 2.06. The minimum Gasteiger partial charge on any atom is -0.371 e. The number of thioether (sulfide) groups is 1. The molecule has 0 spiro atoms. The van der Waals surface area contributed by atoms with Crippen LogP contribution in [0.2, 0.25) is 0 Å². The van der Waals surface area contributed by atoms with Crippen molar-refractivity contribution >= 4 is 17.7 Å². The summed E-state index contributed by atoms with van der Waals surface area (Å²) in [5, 5.41) is 2.95. The third-order valence-electron chi connectivity index (χ3n) is 3.56. The van der Waals surface area contributed by atoms with Crippen molar-refractivity contribution in [2.75, 3.05) is 18.6 Å². The molecule has 1 N–H and O–H groups in total. The van der Waals surface area contributed by atoms with Gasteiger partial charge >= 0.3 is 0 Å². The third kappa shape index (κ3) is 3.95. The highest BCUT2D eigenvalue weighted by Gasteiger charge is 2.32. The molecule has 3 atom stereocenters. The molecule has 1 aromatic rings. The highest BCUT2D eigenvalue weighted by molar-refractivity contribution is 7.98. The van der Waals surface area contributed by atoms with Crippen LogP contribution >= 0.6 is 11.8 Å². The monoisotopic (exact) mass is 315 g/mol. The molecule has 21 heavy (non-hydrogen) atoms. The normalized spacial score (nSPS) is 23.0. The first-order valence-corrected chi connectivity index (χ1v) is 8.28. The van der Waals surface area contributed by atoms with Crippen LogP contribution < -0.4 is 5.32 Å². The van der Waals surface area contributed by atoms with Gasteiger partial charge in [-0.3, -0.25) is 4.79 Å². The lowest BCUT2D eigenvalue weighted by Crippen LogP contribution is -2.40. The summed E-state index contributed by atoms with van der Waals surface area (Å²) in [6, 6.07) is 3.52. The van der Waals surface area contributed by atoms with E-state index in [-0.39, 0.29) is 17.9 Å². The molecule has 1 unspecified atom stereocenters. The summed E-state index contributed by atoms with van der Waals surface area (Å²) in [5.74, 6) is -1.16. The van der Waals surface area contributed by atoms with Crippen LogP contribution in [0.5, 0.6) is 0 Å². The first-order chi connectivity index (χ1) is 10.0. The van der Waals surface area contributed by atoms with Gasteiger partial charge in [0.15, 0.2) is 11.6 Å². The summed E-state index contributed by atoms with van der Waals surface area (Å²) in [7, 11) is 0. The van der Waals surface area contributed by atoms with Crippen molar-refractivity contribution in [2.45, 2.75) is 25.5 Å². The molecule has 0 aromatic heterocycles. The molecule has 1 heterocycles. The number of ether oxygens (including phenoxy) is 1. The van der Waals surface area contributed by atoms with Gasteiger partial charge in [-0.05, 0) is 30.4 Å². The maximum Gasteiger partial charge on any atom is 0.223 e. The average molecular weight is 315 g/mol. The predicted octanol–water partition coefficient (Wildman–Crippen LogP) is 2.91. The van der Waals surface area contributed by atoms with Crippen LogP contribution in [-0.4, -0.2) is 30.6 Å². The second kappa shape index (κ2) is 7.22. The number of carbonyl (C=O) groups is 1. The minimum absolute atomic E-state index is 0.0348. The van der Waals surface area contributed by atoms with Gasteiger partial charge in [0.2, 0.25) is 5.91 Å². The molecule has 116 valence electrons. The summed E-state index contributed by atoms with van der Waals surface area (Å²) in [4.78, 5) is 12.1. The molecule has 3 nitrogen and oxygen atoms in total. The van der Waals surface area contributed by atoms with Crippen molar-refractivity contribution in [1.29, 1.82) is 0 Å². The summed E-state index contributed by atoms with van der Waals surface area (Å²) in [6.45, 7) is 2.36. The highest BCUT2D eigenvalue weighted by Crippen LogP contribution is 2.30. The van der Waals surface area contributed by atoms with Crippen molar-refractivity contribution in [3.63, 3.8) is 0 Å². The van der Waals surface area contributed by atoms with Gasteiger partial charge in [-0.25, -0.2) is 8.78 Å². The van der Waals surface area contributed by atoms with Crippen LogP contribution in [0.15, 0.2) is 18.2 Å². The molecular weight excluding hydrogens is 296 g/mol. The van der Waals surface area contributed by atoms with E-state index in [1.54, 1.807) is 11.8 Å². The SMILES string of the molecule is CSCC(C)C(=O)N[C@@H]1CCO[C@H]1c1ccc(F)c(F)c1. The van der Waals surface area contributed by atoms with E-state index in [1.807, 2.05) is 13.2 Å². The zero-order chi connectivity index (χ0) is 15.4. The van der Waals surface area contributed by atoms with Crippen molar-refractivity contribution in [3.8, 4) is 0 Å². The van der Waals surface area contributed by atoms with Crippen LogP contribution in [-0.2, 0) is 9.53 Å². The molecule has 0 radical (unpaired) electrons. The fourth-order valence-electron chi connectivity index (χ4n) is 2.41. The fraction of sp³-hybridized carbons (Fsp3) is 0.533. The van der Waals surface area contributed by atoms with E-state index in [4.69, 9.17) is 4.74 Å². The van der Waals surface area contributed by atoms with Crippen LogP contribution in [0.4, 0.5) is 8.78 Å². The largest absolute Gasteiger partial charge is 0.371 e. The van der Waals surface area contributed by atoms with Gasteiger partial charge in [-0.15, -0.1) is 0 Å². The van der Waals surface area contributed by atoms with E-state index < -0.39 is 17.7 Å². The number of amides is 1.